The van der Waals surface area contributed by atoms with E-state index in [1.807, 2.05) is 42.5 Å². The molecule has 3 nitrogen and oxygen atoms in total. The largest absolute Gasteiger partial charge is 0.388 e. The predicted molar refractivity (Wildman–Crippen MR) is 150 cm³/mol. The molecule has 0 aliphatic rings. The Hall–Kier alpha value is -2.39. The first-order valence-electron chi connectivity index (χ1n) is 13.2. The van der Waals surface area contributed by atoms with Gasteiger partial charge in [0.05, 0.1) is 5.60 Å². The fraction of sp³-hybridized carbons (Fsp3) is 0.516. The molecule has 1 amide bonds. The Balaban J connectivity index is 4.16. The van der Waals surface area contributed by atoms with E-state index in [4.69, 9.17) is 0 Å². The van der Waals surface area contributed by atoms with Crippen LogP contribution < -0.4 is 5.32 Å². The van der Waals surface area contributed by atoms with Gasteiger partial charge in [0, 0.05) is 12.6 Å². The van der Waals surface area contributed by atoms with Gasteiger partial charge in [-0.25, -0.2) is 0 Å². The van der Waals surface area contributed by atoms with E-state index in [0.29, 0.717) is 6.54 Å². The molecule has 0 saturated carbocycles. The molecule has 2 N–H and O–H groups in total. The highest BCUT2D eigenvalue weighted by atomic mass is 16.3. The van der Waals surface area contributed by atoms with Crippen molar-refractivity contribution in [2.24, 2.45) is 0 Å². The van der Waals surface area contributed by atoms with Gasteiger partial charge in [-0.1, -0.05) is 138 Å². The van der Waals surface area contributed by atoms with E-state index in [1.165, 1.54) is 18.9 Å². The van der Waals surface area contributed by atoms with E-state index in [2.05, 4.69) is 56.5 Å². The molecule has 190 valence electrons. The van der Waals surface area contributed by atoms with Gasteiger partial charge in [0.1, 0.15) is 0 Å². The predicted octanol–water partition coefficient (Wildman–Crippen LogP) is 8.08. The minimum Gasteiger partial charge on any atom is -0.388 e. The normalized spacial score (nSPS) is 14.8. The van der Waals surface area contributed by atoms with Crippen molar-refractivity contribution in [3.8, 4) is 0 Å². The molecule has 0 fully saturated rings. The van der Waals surface area contributed by atoms with Gasteiger partial charge in [0.15, 0.2) is 0 Å². The van der Waals surface area contributed by atoms with Crippen LogP contribution in [-0.4, -0.2) is 23.2 Å². The Kier molecular flexibility index (Phi) is 22.1. The highest BCUT2D eigenvalue weighted by Gasteiger charge is 2.25. The number of carbonyl (C=O) groups excluding carboxylic acids is 1. The maximum Gasteiger partial charge on any atom is 0.244 e. The lowest BCUT2D eigenvalue weighted by Crippen LogP contribution is -2.42. The first-order chi connectivity index (χ1) is 16.6. The number of carbonyl (C=O) groups is 1. The van der Waals surface area contributed by atoms with Crippen molar-refractivity contribution in [3.63, 3.8) is 0 Å². The van der Waals surface area contributed by atoms with Crippen LogP contribution in [-0.2, 0) is 4.79 Å². The van der Waals surface area contributed by atoms with Crippen LogP contribution in [0.5, 0.6) is 0 Å². The standard InChI is InChI=1S/C31H49NO2/c1-4-7-10-12-13-14-15-16-17-18-19-20-21-22-23-24-26-30(33)32-29-31(34,27-9-6-3)28-25-11-8-5-2/h7,10,12-17,20-24,26,34H,4-6,8-9,11,18-19,25,27-29H2,1-3H3,(H,32,33). The maximum absolute atomic E-state index is 12.1. The smallest absolute Gasteiger partial charge is 0.244 e. The maximum atomic E-state index is 12.1. The van der Waals surface area contributed by atoms with Crippen molar-refractivity contribution in [2.75, 3.05) is 6.54 Å². The fourth-order valence-corrected chi connectivity index (χ4v) is 3.28. The van der Waals surface area contributed by atoms with Crippen LogP contribution in [0.15, 0.2) is 85.1 Å². The van der Waals surface area contributed by atoms with Gasteiger partial charge in [-0.05, 0) is 32.1 Å². The summed E-state index contributed by atoms with van der Waals surface area (Å²) in [6, 6.07) is 0. The Bertz CT molecular complexity index is 694. The third-order valence-corrected chi connectivity index (χ3v) is 5.36. The van der Waals surface area contributed by atoms with Gasteiger partial charge < -0.3 is 10.4 Å². The summed E-state index contributed by atoms with van der Waals surface area (Å²) in [5.74, 6) is -0.161. The molecule has 0 rings (SSSR count). The van der Waals surface area contributed by atoms with Crippen molar-refractivity contribution < 1.29 is 9.90 Å². The molecule has 0 aliphatic heterocycles. The second-order valence-electron chi connectivity index (χ2n) is 8.64. The van der Waals surface area contributed by atoms with Crippen LogP contribution in [0.25, 0.3) is 0 Å². The summed E-state index contributed by atoms with van der Waals surface area (Å²) in [6.07, 6.45) is 38.7. The third kappa shape index (κ3) is 21.5. The summed E-state index contributed by atoms with van der Waals surface area (Å²) in [6.45, 7) is 6.75. The molecule has 1 atom stereocenters. The Morgan fingerprint density at radius 3 is 1.79 bits per heavy atom. The van der Waals surface area contributed by atoms with Crippen molar-refractivity contribution >= 4 is 5.91 Å². The van der Waals surface area contributed by atoms with Gasteiger partial charge in [-0.3, -0.25) is 4.79 Å². The second kappa shape index (κ2) is 23.8. The number of hydrogen-bond donors (Lipinski definition) is 2. The Labute approximate surface area is 209 Å². The first kappa shape index (κ1) is 31.6. The van der Waals surface area contributed by atoms with E-state index in [0.717, 1.165) is 57.8 Å². The summed E-state index contributed by atoms with van der Waals surface area (Å²) < 4.78 is 0. The van der Waals surface area contributed by atoms with Crippen molar-refractivity contribution in [1.82, 2.24) is 5.32 Å². The summed E-state index contributed by atoms with van der Waals surface area (Å²) in [7, 11) is 0. The SMILES string of the molecule is CCC=CC=CC=CC=CCCC=CC=CC=CC(=O)NCC(O)(CCCC)CCCCCC. The molecule has 0 aromatic heterocycles. The van der Waals surface area contributed by atoms with Crippen LogP contribution >= 0.6 is 0 Å². The summed E-state index contributed by atoms with van der Waals surface area (Å²) in [4.78, 5) is 12.1. The lowest BCUT2D eigenvalue weighted by Gasteiger charge is -2.28. The van der Waals surface area contributed by atoms with E-state index in [-0.39, 0.29) is 5.91 Å². The zero-order valence-electron chi connectivity index (χ0n) is 21.9. The number of allylic oxidation sites excluding steroid dienone is 13. The average Bonchev–Trinajstić information content (AvgIpc) is 2.84. The van der Waals surface area contributed by atoms with Gasteiger partial charge in [-0.2, -0.15) is 0 Å². The van der Waals surface area contributed by atoms with Crippen molar-refractivity contribution in [3.05, 3.63) is 85.1 Å². The van der Waals surface area contributed by atoms with Gasteiger partial charge in [0.25, 0.3) is 0 Å². The topological polar surface area (TPSA) is 49.3 Å². The minimum absolute atomic E-state index is 0.161. The molecule has 0 aromatic rings. The zero-order valence-corrected chi connectivity index (χ0v) is 21.9. The molecule has 0 heterocycles. The monoisotopic (exact) mass is 467 g/mol. The van der Waals surface area contributed by atoms with Gasteiger partial charge in [-0.15, -0.1) is 0 Å². The molecule has 0 radical (unpaired) electrons. The minimum atomic E-state index is -0.793. The van der Waals surface area contributed by atoms with E-state index in [1.54, 1.807) is 6.08 Å². The van der Waals surface area contributed by atoms with Gasteiger partial charge in [0.2, 0.25) is 5.91 Å². The number of rotatable bonds is 20. The van der Waals surface area contributed by atoms with Crippen LogP contribution in [0, 0.1) is 0 Å². The molecule has 0 saturated heterocycles. The fourth-order valence-electron chi connectivity index (χ4n) is 3.28. The number of amides is 1. The Morgan fingerprint density at radius 1 is 0.676 bits per heavy atom. The third-order valence-electron chi connectivity index (χ3n) is 5.36. The molecular formula is C31H49NO2. The quantitative estimate of drug-likeness (QED) is 0.108. The number of unbranched alkanes of at least 4 members (excludes halogenated alkanes) is 5. The highest BCUT2D eigenvalue weighted by Crippen LogP contribution is 2.21. The molecule has 34 heavy (non-hydrogen) atoms. The van der Waals surface area contributed by atoms with Crippen LogP contribution in [0.2, 0.25) is 0 Å². The van der Waals surface area contributed by atoms with Crippen LogP contribution in [0.4, 0.5) is 0 Å². The van der Waals surface area contributed by atoms with Crippen molar-refractivity contribution in [2.45, 2.75) is 97.0 Å². The van der Waals surface area contributed by atoms with Gasteiger partial charge >= 0.3 is 0 Å². The summed E-state index contributed by atoms with van der Waals surface area (Å²) in [5.41, 5.74) is -0.793. The number of nitrogens with one attached hydrogen (secondary N) is 1. The molecule has 0 spiro atoms. The zero-order chi connectivity index (χ0) is 25.2. The molecule has 0 aliphatic carbocycles. The highest BCUT2D eigenvalue weighted by molar-refractivity contribution is 5.87. The molecule has 0 bridgehead atoms. The van der Waals surface area contributed by atoms with Crippen molar-refractivity contribution in [1.29, 1.82) is 0 Å². The van der Waals surface area contributed by atoms with Crippen LogP contribution in [0.1, 0.15) is 91.4 Å². The summed E-state index contributed by atoms with van der Waals surface area (Å²) in [5, 5.41) is 13.8. The number of hydrogen-bond acceptors (Lipinski definition) is 2. The summed E-state index contributed by atoms with van der Waals surface area (Å²) >= 11 is 0. The molecule has 3 heteroatoms. The van der Waals surface area contributed by atoms with E-state index >= 15 is 0 Å². The molecule has 1 unspecified atom stereocenters. The van der Waals surface area contributed by atoms with Crippen LogP contribution in [0.3, 0.4) is 0 Å². The lowest BCUT2D eigenvalue weighted by molar-refractivity contribution is -0.118. The lowest BCUT2D eigenvalue weighted by atomic mass is 9.90. The average molecular weight is 468 g/mol. The second-order valence-corrected chi connectivity index (χ2v) is 8.64. The molecule has 0 aromatic carbocycles. The van der Waals surface area contributed by atoms with E-state index < -0.39 is 5.60 Å². The molecular weight excluding hydrogens is 418 g/mol. The first-order valence-corrected chi connectivity index (χ1v) is 13.2. The Morgan fingerprint density at radius 2 is 1.21 bits per heavy atom. The van der Waals surface area contributed by atoms with E-state index in [9.17, 15) is 9.90 Å². The number of aliphatic hydroxyl groups is 1.